The summed E-state index contributed by atoms with van der Waals surface area (Å²) in [6.45, 7) is 12.1. The quantitative estimate of drug-likeness (QED) is 0.314. The van der Waals surface area contributed by atoms with E-state index in [-0.39, 0.29) is 36.4 Å². The molecule has 0 aromatic carbocycles. The molecular weight excluding hydrogens is 431 g/mol. The molecule has 0 fully saturated rings. The fourth-order valence-corrected chi connectivity index (χ4v) is 2.08. The van der Waals surface area contributed by atoms with Gasteiger partial charge < -0.3 is 20.4 Å². The van der Waals surface area contributed by atoms with Crippen molar-refractivity contribution in [3.05, 3.63) is 24.2 Å². The lowest BCUT2D eigenvalue weighted by Gasteiger charge is -2.23. The second kappa shape index (κ2) is 12.2. The summed E-state index contributed by atoms with van der Waals surface area (Å²) >= 11 is 0. The van der Waals surface area contributed by atoms with Crippen LogP contribution in [0.25, 0.3) is 0 Å². The molecule has 0 aliphatic heterocycles. The number of hydrogen-bond donors (Lipinski definition) is 3. The van der Waals surface area contributed by atoms with Crippen LogP contribution in [0.15, 0.2) is 27.8 Å². The monoisotopic (exact) mass is 464 g/mol. The van der Waals surface area contributed by atoms with E-state index in [1.807, 2.05) is 13.0 Å². The predicted molar refractivity (Wildman–Crippen MR) is 113 cm³/mol. The van der Waals surface area contributed by atoms with Crippen LogP contribution in [0, 0.1) is 5.41 Å². The molecule has 1 atom stereocenters. The van der Waals surface area contributed by atoms with Crippen molar-refractivity contribution in [2.75, 3.05) is 13.1 Å². The largest absolute Gasteiger partial charge is 0.467 e. The molecular formula is C18H33IN4O2. The van der Waals surface area contributed by atoms with Crippen LogP contribution < -0.4 is 16.0 Å². The molecule has 1 aromatic heterocycles. The third-order valence-corrected chi connectivity index (χ3v) is 3.48. The first-order chi connectivity index (χ1) is 11.3. The Bertz CT molecular complexity index is 510. The van der Waals surface area contributed by atoms with E-state index in [9.17, 15) is 4.79 Å². The second-order valence-corrected chi connectivity index (χ2v) is 7.20. The minimum atomic E-state index is -0.133. The number of aliphatic imine (C=N–C) groups is 1. The van der Waals surface area contributed by atoms with Gasteiger partial charge in [-0.15, -0.1) is 24.0 Å². The predicted octanol–water partition coefficient (Wildman–Crippen LogP) is 3.28. The van der Waals surface area contributed by atoms with Crippen LogP contribution in [0.4, 0.5) is 0 Å². The zero-order valence-corrected chi connectivity index (χ0v) is 18.3. The van der Waals surface area contributed by atoms with Gasteiger partial charge in [-0.1, -0.05) is 20.8 Å². The Morgan fingerprint density at radius 2 is 2.04 bits per heavy atom. The SMILES string of the molecule is CCNC(=NCC(=O)NCc1ccco1)NC(C)CCC(C)(C)C.I. The van der Waals surface area contributed by atoms with Gasteiger partial charge in [0.15, 0.2) is 5.96 Å². The molecule has 0 aliphatic carbocycles. The number of amides is 1. The number of nitrogens with zero attached hydrogens (tertiary/aromatic N) is 1. The minimum Gasteiger partial charge on any atom is -0.467 e. The summed E-state index contributed by atoms with van der Waals surface area (Å²) < 4.78 is 5.18. The lowest BCUT2D eigenvalue weighted by atomic mass is 9.89. The van der Waals surface area contributed by atoms with Gasteiger partial charge in [0.2, 0.25) is 5.91 Å². The Hall–Kier alpha value is -1.25. The summed E-state index contributed by atoms with van der Waals surface area (Å²) in [6, 6.07) is 3.92. The highest BCUT2D eigenvalue weighted by Crippen LogP contribution is 2.21. The number of furan rings is 1. The number of rotatable bonds is 8. The molecule has 0 saturated heterocycles. The summed E-state index contributed by atoms with van der Waals surface area (Å²) in [4.78, 5) is 16.2. The minimum absolute atomic E-state index is 0. The molecule has 0 aliphatic rings. The van der Waals surface area contributed by atoms with E-state index in [1.54, 1.807) is 12.3 Å². The van der Waals surface area contributed by atoms with Crippen molar-refractivity contribution in [1.29, 1.82) is 0 Å². The molecule has 25 heavy (non-hydrogen) atoms. The maximum Gasteiger partial charge on any atom is 0.242 e. The molecule has 144 valence electrons. The lowest BCUT2D eigenvalue weighted by molar-refractivity contribution is -0.119. The highest BCUT2D eigenvalue weighted by molar-refractivity contribution is 14.0. The van der Waals surface area contributed by atoms with Crippen molar-refractivity contribution in [2.45, 2.75) is 60.0 Å². The van der Waals surface area contributed by atoms with Crippen LogP contribution in [0.1, 0.15) is 53.2 Å². The van der Waals surface area contributed by atoms with Gasteiger partial charge in [0.05, 0.1) is 12.8 Å². The third-order valence-electron chi connectivity index (χ3n) is 3.48. The maximum absolute atomic E-state index is 11.9. The Kier molecular flexibility index (Phi) is 11.6. The molecule has 7 heteroatoms. The maximum atomic E-state index is 11.9. The molecule has 3 N–H and O–H groups in total. The zero-order chi connectivity index (χ0) is 18.0. The van der Waals surface area contributed by atoms with Gasteiger partial charge in [-0.05, 0) is 44.2 Å². The second-order valence-electron chi connectivity index (χ2n) is 7.20. The summed E-state index contributed by atoms with van der Waals surface area (Å²) in [6.07, 6.45) is 3.77. The van der Waals surface area contributed by atoms with Crippen LogP contribution in [-0.2, 0) is 11.3 Å². The number of nitrogens with one attached hydrogen (secondary N) is 3. The van der Waals surface area contributed by atoms with E-state index in [0.29, 0.717) is 24.0 Å². The summed E-state index contributed by atoms with van der Waals surface area (Å²) in [5, 5.41) is 9.32. The van der Waals surface area contributed by atoms with E-state index in [4.69, 9.17) is 4.42 Å². The lowest BCUT2D eigenvalue weighted by Crippen LogP contribution is -2.43. The van der Waals surface area contributed by atoms with Crippen molar-refractivity contribution >= 4 is 35.8 Å². The van der Waals surface area contributed by atoms with Gasteiger partial charge in [-0.25, -0.2) is 4.99 Å². The normalized spacial score (nSPS) is 12.9. The van der Waals surface area contributed by atoms with Gasteiger partial charge in [0, 0.05) is 12.6 Å². The molecule has 1 aromatic rings. The fourth-order valence-electron chi connectivity index (χ4n) is 2.08. The van der Waals surface area contributed by atoms with Crippen LogP contribution in [0.2, 0.25) is 0 Å². The standard InChI is InChI=1S/C18H32N4O2.HI/c1-6-19-17(22-14(2)9-10-18(3,4)5)21-13-16(23)20-12-15-8-7-11-24-15;/h7-8,11,14H,6,9-10,12-13H2,1-5H3,(H,20,23)(H2,19,21,22);1H. The Morgan fingerprint density at radius 1 is 1.32 bits per heavy atom. The van der Waals surface area contributed by atoms with Crippen LogP contribution in [0.3, 0.4) is 0 Å². The topological polar surface area (TPSA) is 78.7 Å². The summed E-state index contributed by atoms with van der Waals surface area (Å²) in [5.41, 5.74) is 0.317. The molecule has 0 radical (unpaired) electrons. The van der Waals surface area contributed by atoms with E-state index >= 15 is 0 Å². The molecule has 0 bridgehead atoms. The Balaban J connectivity index is 0.00000576. The molecule has 0 saturated carbocycles. The van der Waals surface area contributed by atoms with Gasteiger partial charge in [-0.3, -0.25) is 4.79 Å². The van der Waals surface area contributed by atoms with E-state index in [1.165, 1.54) is 0 Å². The number of carbonyl (C=O) groups excluding carboxylic acids is 1. The van der Waals surface area contributed by atoms with Crippen molar-refractivity contribution < 1.29 is 9.21 Å². The highest BCUT2D eigenvalue weighted by atomic mass is 127. The van der Waals surface area contributed by atoms with Gasteiger partial charge in [0.1, 0.15) is 12.3 Å². The molecule has 1 heterocycles. The molecule has 1 unspecified atom stereocenters. The molecule has 1 amide bonds. The first-order valence-electron chi connectivity index (χ1n) is 8.64. The summed E-state index contributed by atoms with van der Waals surface area (Å²) in [5.74, 6) is 1.27. The smallest absolute Gasteiger partial charge is 0.242 e. The molecule has 0 spiro atoms. The third kappa shape index (κ3) is 11.9. The van der Waals surface area contributed by atoms with Crippen molar-refractivity contribution in [3.63, 3.8) is 0 Å². The van der Waals surface area contributed by atoms with E-state index < -0.39 is 0 Å². The number of hydrogen-bond acceptors (Lipinski definition) is 3. The first-order valence-corrected chi connectivity index (χ1v) is 8.64. The van der Waals surface area contributed by atoms with Gasteiger partial charge >= 0.3 is 0 Å². The van der Waals surface area contributed by atoms with Crippen molar-refractivity contribution in [1.82, 2.24) is 16.0 Å². The number of guanidine groups is 1. The van der Waals surface area contributed by atoms with Crippen LogP contribution in [0.5, 0.6) is 0 Å². The average molecular weight is 464 g/mol. The molecule has 6 nitrogen and oxygen atoms in total. The Labute approximate surface area is 168 Å². The Morgan fingerprint density at radius 3 is 2.60 bits per heavy atom. The fraction of sp³-hybridized carbons (Fsp3) is 0.667. The van der Waals surface area contributed by atoms with Crippen molar-refractivity contribution in [3.8, 4) is 0 Å². The first kappa shape index (κ1) is 23.8. The average Bonchev–Trinajstić information content (AvgIpc) is 3.01. The van der Waals surface area contributed by atoms with Gasteiger partial charge in [0.25, 0.3) is 0 Å². The number of halogens is 1. The highest BCUT2D eigenvalue weighted by Gasteiger charge is 2.13. The van der Waals surface area contributed by atoms with Crippen LogP contribution >= 0.6 is 24.0 Å². The van der Waals surface area contributed by atoms with E-state index in [2.05, 4.69) is 48.6 Å². The van der Waals surface area contributed by atoms with Crippen LogP contribution in [-0.4, -0.2) is 31.0 Å². The number of carbonyl (C=O) groups is 1. The van der Waals surface area contributed by atoms with Gasteiger partial charge in [-0.2, -0.15) is 0 Å². The zero-order valence-electron chi connectivity index (χ0n) is 16.0. The summed E-state index contributed by atoms with van der Waals surface area (Å²) in [7, 11) is 0. The molecule has 1 rings (SSSR count). The van der Waals surface area contributed by atoms with E-state index in [0.717, 1.165) is 25.1 Å². The van der Waals surface area contributed by atoms with Crippen molar-refractivity contribution in [2.24, 2.45) is 10.4 Å².